The SMILES string of the molecule is Cc1csc(N(C)C(=O)c2ccccc2-n2cccn2)n1. The van der Waals surface area contributed by atoms with Crippen molar-refractivity contribution in [1.82, 2.24) is 14.8 Å². The quantitative estimate of drug-likeness (QED) is 0.747. The van der Waals surface area contributed by atoms with E-state index in [4.69, 9.17) is 0 Å². The zero-order chi connectivity index (χ0) is 14.8. The summed E-state index contributed by atoms with van der Waals surface area (Å²) in [7, 11) is 1.74. The van der Waals surface area contributed by atoms with Crippen molar-refractivity contribution in [3.63, 3.8) is 0 Å². The van der Waals surface area contributed by atoms with Crippen LogP contribution in [0, 0.1) is 6.92 Å². The summed E-state index contributed by atoms with van der Waals surface area (Å²) in [6.45, 7) is 1.91. The van der Waals surface area contributed by atoms with Gasteiger partial charge in [0.05, 0.1) is 16.9 Å². The summed E-state index contributed by atoms with van der Waals surface area (Å²) in [5.41, 5.74) is 2.26. The molecule has 106 valence electrons. The average Bonchev–Trinajstić information content (AvgIpc) is 3.17. The standard InChI is InChI=1S/C15H14N4OS/c1-11-10-21-15(17-11)18(2)14(20)12-6-3-4-7-13(12)19-9-5-8-16-19/h3-10H,1-2H3. The fraction of sp³-hybridized carbons (Fsp3) is 0.133. The van der Waals surface area contributed by atoms with Gasteiger partial charge in [0.15, 0.2) is 5.13 Å². The van der Waals surface area contributed by atoms with Gasteiger partial charge in [-0.3, -0.25) is 9.69 Å². The number of nitrogens with zero attached hydrogens (tertiary/aromatic N) is 4. The minimum Gasteiger partial charge on any atom is -0.287 e. The molecule has 2 heterocycles. The van der Waals surface area contributed by atoms with E-state index in [0.29, 0.717) is 10.7 Å². The van der Waals surface area contributed by atoms with Gasteiger partial charge in [0, 0.05) is 24.8 Å². The lowest BCUT2D eigenvalue weighted by Crippen LogP contribution is -2.27. The van der Waals surface area contributed by atoms with Gasteiger partial charge in [-0.05, 0) is 25.1 Å². The van der Waals surface area contributed by atoms with Crippen molar-refractivity contribution in [2.75, 3.05) is 11.9 Å². The van der Waals surface area contributed by atoms with E-state index in [1.54, 1.807) is 28.9 Å². The van der Waals surface area contributed by atoms with Crippen molar-refractivity contribution in [3.8, 4) is 5.69 Å². The third-order valence-corrected chi connectivity index (χ3v) is 4.12. The fourth-order valence-corrected chi connectivity index (χ4v) is 2.80. The average molecular weight is 298 g/mol. The maximum atomic E-state index is 12.7. The molecule has 3 rings (SSSR count). The Bertz CT molecular complexity index is 764. The molecule has 0 atom stereocenters. The number of hydrogen-bond acceptors (Lipinski definition) is 4. The van der Waals surface area contributed by atoms with E-state index in [1.807, 2.05) is 42.8 Å². The Labute approximate surface area is 126 Å². The van der Waals surface area contributed by atoms with E-state index in [0.717, 1.165) is 11.4 Å². The largest absolute Gasteiger partial charge is 0.287 e. The summed E-state index contributed by atoms with van der Waals surface area (Å²) in [5, 5.41) is 6.82. The molecule has 0 aliphatic carbocycles. The summed E-state index contributed by atoms with van der Waals surface area (Å²) in [5.74, 6) is -0.101. The number of aryl methyl sites for hydroxylation is 1. The summed E-state index contributed by atoms with van der Waals surface area (Å²) < 4.78 is 1.69. The highest BCUT2D eigenvalue weighted by Crippen LogP contribution is 2.22. The molecule has 3 aromatic rings. The van der Waals surface area contributed by atoms with Crippen LogP contribution >= 0.6 is 11.3 Å². The Morgan fingerprint density at radius 3 is 2.76 bits per heavy atom. The van der Waals surface area contributed by atoms with Crippen LogP contribution in [0.1, 0.15) is 16.1 Å². The third kappa shape index (κ3) is 2.57. The van der Waals surface area contributed by atoms with Crippen LogP contribution in [0.3, 0.4) is 0 Å². The van der Waals surface area contributed by atoms with Gasteiger partial charge in [0.2, 0.25) is 0 Å². The van der Waals surface area contributed by atoms with Crippen molar-refractivity contribution in [2.45, 2.75) is 6.92 Å². The summed E-state index contributed by atoms with van der Waals surface area (Å²) >= 11 is 1.46. The minimum atomic E-state index is -0.101. The normalized spacial score (nSPS) is 10.6. The van der Waals surface area contributed by atoms with Crippen LogP contribution in [0.15, 0.2) is 48.1 Å². The van der Waals surface area contributed by atoms with Gasteiger partial charge < -0.3 is 0 Å². The van der Waals surface area contributed by atoms with Crippen LogP contribution in [-0.4, -0.2) is 27.7 Å². The molecular formula is C15H14N4OS. The van der Waals surface area contributed by atoms with E-state index in [1.165, 1.54) is 11.3 Å². The number of amides is 1. The van der Waals surface area contributed by atoms with Crippen molar-refractivity contribution in [1.29, 1.82) is 0 Å². The Hall–Kier alpha value is -2.47. The number of rotatable bonds is 3. The molecule has 0 aliphatic rings. The molecule has 0 unspecified atom stereocenters. The Morgan fingerprint density at radius 1 is 1.29 bits per heavy atom. The number of carbonyl (C=O) groups excluding carboxylic acids is 1. The number of hydrogen-bond donors (Lipinski definition) is 0. The lowest BCUT2D eigenvalue weighted by molar-refractivity contribution is 0.0993. The Morgan fingerprint density at radius 2 is 2.10 bits per heavy atom. The first-order chi connectivity index (χ1) is 10.2. The maximum absolute atomic E-state index is 12.7. The predicted octanol–water partition coefficient (Wildman–Crippen LogP) is 2.91. The lowest BCUT2D eigenvalue weighted by Gasteiger charge is -2.16. The van der Waals surface area contributed by atoms with Crippen LogP contribution in [-0.2, 0) is 0 Å². The number of anilines is 1. The van der Waals surface area contributed by atoms with Crippen LogP contribution < -0.4 is 4.90 Å². The molecule has 0 bridgehead atoms. The molecule has 6 heteroatoms. The second-order valence-electron chi connectivity index (χ2n) is 4.60. The van der Waals surface area contributed by atoms with E-state index < -0.39 is 0 Å². The molecule has 0 fully saturated rings. The van der Waals surface area contributed by atoms with Gasteiger partial charge in [0.25, 0.3) is 5.91 Å². The summed E-state index contributed by atoms with van der Waals surface area (Å²) in [6, 6.07) is 9.25. The fourth-order valence-electron chi connectivity index (χ4n) is 2.03. The Kier molecular flexibility index (Phi) is 3.53. The first kappa shape index (κ1) is 13.5. The number of benzene rings is 1. The van der Waals surface area contributed by atoms with Crippen LogP contribution in [0.5, 0.6) is 0 Å². The Balaban J connectivity index is 1.99. The van der Waals surface area contributed by atoms with Gasteiger partial charge in [0.1, 0.15) is 0 Å². The highest BCUT2D eigenvalue weighted by molar-refractivity contribution is 7.14. The van der Waals surface area contributed by atoms with Crippen LogP contribution in [0.25, 0.3) is 5.69 Å². The van der Waals surface area contributed by atoms with Gasteiger partial charge in [-0.25, -0.2) is 9.67 Å². The highest BCUT2D eigenvalue weighted by Gasteiger charge is 2.19. The molecule has 1 aromatic carbocycles. The third-order valence-electron chi connectivity index (χ3n) is 3.08. The van der Waals surface area contributed by atoms with Crippen LogP contribution in [0.2, 0.25) is 0 Å². The highest BCUT2D eigenvalue weighted by atomic mass is 32.1. The topological polar surface area (TPSA) is 51.0 Å². The van der Waals surface area contributed by atoms with E-state index in [9.17, 15) is 4.79 Å². The predicted molar refractivity (Wildman–Crippen MR) is 83.1 cm³/mol. The van der Waals surface area contributed by atoms with Gasteiger partial charge in [-0.2, -0.15) is 5.10 Å². The number of para-hydroxylation sites is 1. The lowest BCUT2D eigenvalue weighted by atomic mass is 10.1. The molecule has 0 aliphatic heterocycles. The van der Waals surface area contributed by atoms with E-state index in [-0.39, 0.29) is 5.91 Å². The second-order valence-corrected chi connectivity index (χ2v) is 5.44. The van der Waals surface area contributed by atoms with Crippen molar-refractivity contribution in [2.24, 2.45) is 0 Å². The molecule has 5 nitrogen and oxygen atoms in total. The maximum Gasteiger partial charge on any atom is 0.261 e. The zero-order valence-corrected chi connectivity index (χ0v) is 12.5. The van der Waals surface area contributed by atoms with E-state index >= 15 is 0 Å². The molecular weight excluding hydrogens is 284 g/mol. The monoisotopic (exact) mass is 298 g/mol. The minimum absolute atomic E-state index is 0.101. The molecule has 0 spiro atoms. The molecule has 0 saturated carbocycles. The molecule has 0 radical (unpaired) electrons. The van der Waals surface area contributed by atoms with Gasteiger partial charge >= 0.3 is 0 Å². The second kappa shape index (κ2) is 5.49. The van der Waals surface area contributed by atoms with Crippen LogP contribution in [0.4, 0.5) is 5.13 Å². The molecule has 0 N–H and O–H groups in total. The summed E-state index contributed by atoms with van der Waals surface area (Å²) in [4.78, 5) is 18.6. The molecule has 0 saturated heterocycles. The number of thiazole rings is 1. The zero-order valence-electron chi connectivity index (χ0n) is 11.7. The van der Waals surface area contributed by atoms with Crippen molar-refractivity contribution < 1.29 is 4.79 Å². The number of carbonyl (C=O) groups is 1. The first-order valence-corrected chi connectivity index (χ1v) is 7.34. The van der Waals surface area contributed by atoms with Crippen molar-refractivity contribution >= 4 is 22.4 Å². The van der Waals surface area contributed by atoms with Gasteiger partial charge in [-0.1, -0.05) is 12.1 Å². The molecule has 2 aromatic heterocycles. The molecule has 21 heavy (non-hydrogen) atoms. The first-order valence-electron chi connectivity index (χ1n) is 6.46. The van der Waals surface area contributed by atoms with E-state index in [2.05, 4.69) is 10.1 Å². The van der Waals surface area contributed by atoms with Crippen molar-refractivity contribution in [3.05, 3.63) is 59.4 Å². The summed E-state index contributed by atoms with van der Waals surface area (Å²) in [6.07, 6.45) is 3.51. The van der Waals surface area contributed by atoms with Gasteiger partial charge in [-0.15, -0.1) is 11.3 Å². The smallest absolute Gasteiger partial charge is 0.261 e. The molecule has 1 amide bonds. The number of aromatic nitrogens is 3.